The number of allylic oxidation sites excluding steroid dienone is 2. The minimum absolute atomic E-state index is 0.198. The van der Waals surface area contributed by atoms with Crippen LogP contribution in [0.2, 0.25) is 0 Å². The van der Waals surface area contributed by atoms with Gasteiger partial charge in [-0.2, -0.15) is 0 Å². The molecule has 0 aliphatic heterocycles. The van der Waals surface area contributed by atoms with Crippen molar-refractivity contribution in [2.45, 2.75) is 19.8 Å². The van der Waals surface area contributed by atoms with Gasteiger partial charge in [-0.25, -0.2) is 4.79 Å². The molecule has 134 valence electrons. The van der Waals surface area contributed by atoms with Crippen molar-refractivity contribution in [3.63, 3.8) is 0 Å². The predicted octanol–water partition coefficient (Wildman–Crippen LogP) is 2.15. The summed E-state index contributed by atoms with van der Waals surface area (Å²) in [6, 6.07) is 4.98. The summed E-state index contributed by atoms with van der Waals surface area (Å²) in [5.41, 5.74) is 1.32. The summed E-state index contributed by atoms with van der Waals surface area (Å²) in [5, 5.41) is 12.1. The van der Waals surface area contributed by atoms with Gasteiger partial charge in [-0.05, 0) is 43.5 Å². The van der Waals surface area contributed by atoms with Gasteiger partial charge in [0.1, 0.15) is 5.75 Å². The van der Waals surface area contributed by atoms with Crippen LogP contribution in [0.15, 0.2) is 30.4 Å². The van der Waals surface area contributed by atoms with Crippen molar-refractivity contribution in [2.24, 2.45) is 11.8 Å². The van der Waals surface area contributed by atoms with Crippen molar-refractivity contribution in [3.05, 3.63) is 35.9 Å². The van der Waals surface area contributed by atoms with Gasteiger partial charge < -0.3 is 19.9 Å². The molecule has 7 nitrogen and oxygen atoms in total. The summed E-state index contributed by atoms with van der Waals surface area (Å²) in [4.78, 5) is 34.9. The zero-order valence-corrected chi connectivity index (χ0v) is 14.2. The molecule has 0 spiro atoms. The number of carboxylic acids is 1. The Labute approximate surface area is 145 Å². The number of methoxy groups -OCH3 is 1. The summed E-state index contributed by atoms with van der Waals surface area (Å²) in [6.07, 6.45) is 4.39. The van der Waals surface area contributed by atoms with Crippen LogP contribution in [0.25, 0.3) is 0 Å². The lowest BCUT2D eigenvalue weighted by atomic mass is 9.82. The average molecular weight is 347 g/mol. The van der Waals surface area contributed by atoms with E-state index in [2.05, 4.69) is 10.1 Å². The zero-order valence-electron chi connectivity index (χ0n) is 14.2. The fourth-order valence-corrected chi connectivity index (χ4v) is 2.67. The van der Waals surface area contributed by atoms with Crippen LogP contribution >= 0.6 is 0 Å². The molecule has 0 aromatic heterocycles. The topological polar surface area (TPSA) is 102 Å². The molecule has 0 saturated carbocycles. The smallest absolute Gasteiger partial charge is 0.343 e. The molecule has 0 unspecified atom stereocenters. The van der Waals surface area contributed by atoms with Crippen molar-refractivity contribution in [1.82, 2.24) is 0 Å². The Kier molecular flexibility index (Phi) is 6.16. The maximum atomic E-state index is 12.5. The molecular formula is C18H21NO6. The lowest BCUT2D eigenvalue weighted by Gasteiger charge is -2.24. The van der Waals surface area contributed by atoms with Crippen molar-refractivity contribution in [3.8, 4) is 5.75 Å². The lowest BCUT2D eigenvalue weighted by molar-refractivity contribution is -0.146. The fraction of sp³-hybridized carbons (Fsp3) is 0.389. The molecule has 2 atom stereocenters. The van der Waals surface area contributed by atoms with Gasteiger partial charge in [0.2, 0.25) is 5.91 Å². The highest BCUT2D eigenvalue weighted by Gasteiger charge is 2.34. The largest absolute Gasteiger partial charge is 0.482 e. The first-order valence-corrected chi connectivity index (χ1v) is 7.91. The van der Waals surface area contributed by atoms with Crippen LogP contribution < -0.4 is 10.1 Å². The third kappa shape index (κ3) is 4.82. The van der Waals surface area contributed by atoms with Crippen molar-refractivity contribution < 1.29 is 29.0 Å². The molecule has 0 saturated heterocycles. The third-order valence-electron chi connectivity index (χ3n) is 4.13. The number of esters is 1. The minimum Gasteiger partial charge on any atom is -0.482 e. The lowest BCUT2D eigenvalue weighted by Crippen LogP contribution is -2.34. The Morgan fingerprint density at radius 2 is 1.88 bits per heavy atom. The second kappa shape index (κ2) is 8.32. The molecule has 1 aliphatic rings. The van der Waals surface area contributed by atoms with Crippen LogP contribution in [0.4, 0.5) is 5.69 Å². The van der Waals surface area contributed by atoms with Gasteiger partial charge in [-0.15, -0.1) is 0 Å². The number of hydrogen-bond donors (Lipinski definition) is 2. The van der Waals surface area contributed by atoms with Crippen molar-refractivity contribution in [1.29, 1.82) is 0 Å². The predicted molar refractivity (Wildman–Crippen MR) is 90.3 cm³/mol. The number of amides is 1. The van der Waals surface area contributed by atoms with Gasteiger partial charge in [0.05, 0.1) is 18.9 Å². The minimum atomic E-state index is -0.965. The Balaban J connectivity index is 2.04. The molecule has 7 heteroatoms. The normalized spacial score (nSPS) is 19.1. The van der Waals surface area contributed by atoms with Gasteiger partial charge in [0.25, 0.3) is 0 Å². The Hall–Kier alpha value is -2.83. The molecule has 1 amide bonds. The molecule has 2 N–H and O–H groups in total. The average Bonchev–Trinajstić information content (AvgIpc) is 2.61. The monoisotopic (exact) mass is 347 g/mol. The van der Waals surface area contributed by atoms with E-state index < -0.39 is 23.8 Å². The zero-order chi connectivity index (χ0) is 18.4. The number of benzene rings is 1. The summed E-state index contributed by atoms with van der Waals surface area (Å²) < 4.78 is 9.79. The van der Waals surface area contributed by atoms with E-state index in [-0.39, 0.29) is 12.5 Å². The molecule has 1 aromatic carbocycles. The van der Waals surface area contributed by atoms with Crippen LogP contribution in [0, 0.1) is 18.8 Å². The summed E-state index contributed by atoms with van der Waals surface area (Å²) in [5.74, 6) is -2.61. The van der Waals surface area contributed by atoms with E-state index in [1.165, 1.54) is 7.11 Å². The molecule has 1 aromatic rings. The quantitative estimate of drug-likeness (QED) is 0.604. The van der Waals surface area contributed by atoms with Gasteiger partial charge in [0.15, 0.2) is 6.61 Å². The Bertz CT molecular complexity index is 697. The number of anilines is 1. The van der Waals surface area contributed by atoms with Crippen LogP contribution in [0.3, 0.4) is 0 Å². The van der Waals surface area contributed by atoms with Crippen LogP contribution in [0.5, 0.6) is 5.75 Å². The molecule has 0 heterocycles. The van der Waals surface area contributed by atoms with E-state index in [4.69, 9.17) is 4.74 Å². The second-order valence-corrected chi connectivity index (χ2v) is 5.82. The maximum absolute atomic E-state index is 12.5. The number of rotatable bonds is 6. The SMILES string of the molecule is COC(=O)COc1ccc(NC(=O)[C@H]2CC=CC[C@@H]2C(=O)O)c(C)c1. The van der Waals surface area contributed by atoms with E-state index in [1.54, 1.807) is 31.2 Å². The van der Waals surface area contributed by atoms with Gasteiger partial charge in [0, 0.05) is 5.69 Å². The highest BCUT2D eigenvalue weighted by molar-refractivity contribution is 5.96. The number of carbonyl (C=O) groups is 3. The highest BCUT2D eigenvalue weighted by atomic mass is 16.6. The van der Waals surface area contributed by atoms with Crippen molar-refractivity contribution >= 4 is 23.5 Å². The van der Waals surface area contributed by atoms with Crippen molar-refractivity contribution in [2.75, 3.05) is 19.0 Å². The summed E-state index contributed by atoms with van der Waals surface area (Å²) >= 11 is 0. The van der Waals surface area contributed by atoms with E-state index in [0.29, 0.717) is 24.3 Å². The first kappa shape index (κ1) is 18.5. The van der Waals surface area contributed by atoms with E-state index >= 15 is 0 Å². The summed E-state index contributed by atoms with van der Waals surface area (Å²) in [6.45, 7) is 1.59. The molecule has 0 radical (unpaired) electrons. The first-order valence-electron chi connectivity index (χ1n) is 7.91. The first-order chi connectivity index (χ1) is 11.9. The number of aliphatic carboxylic acids is 1. The Morgan fingerprint density at radius 3 is 2.48 bits per heavy atom. The molecular weight excluding hydrogens is 326 g/mol. The number of ether oxygens (including phenoxy) is 2. The fourth-order valence-electron chi connectivity index (χ4n) is 2.67. The molecule has 1 aliphatic carbocycles. The maximum Gasteiger partial charge on any atom is 0.343 e. The standard InChI is InChI=1S/C18H21NO6/c1-11-9-12(25-10-16(20)24-2)7-8-15(11)19-17(21)13-5-3-4-6-14(13)18(22)23/h3-4,7-9,13-14H,5-6,10H2,1-2H3,(H,19,21)(H,22,23)/t13-,14-/m0/s1. The van der Waals surface area contributed by atoms with Gasteiger partial charge >= 0.3 is 11.9 Å². The number of carboxylic acid groups (broad SMARTS) is 1. The number of carbonyl (C=O) groups excluding carboxylic acids is 2. The molecule has 2 rings (SSSR count). The van der Waals surface area contributed by atoms with E-state index in [1.807, 2.05) is 6.08 Å². The van der Waals surface area contributed by atoms with Crippen LogP contribution in [-0.4, -0.2) is 36.7 Å². The van der Waals surface area contributed by atoms with Crippen LogP contribution in [0.1, 0.15) is 18.4 Å². The molecule has 0 fully saturated rings. The summed E-state index contributed by atoms with van der Waals surface area (Å²) in [7, 11) is 1.28. The highest BCUT2D eigenvalue weighted by Crippen LogP contribution is 2.28. The third-order valence-corrected chi connectivity index (χ3v) is 4.13. The van der Waals surface area contributed by atoms with Gasteiger partial charge in [-0.1, -0.05) is 12.2 Å². The number of nitrogens with one attached hydrogen (secondary N) is 1. The van der Waals surface area contributed by atoms with Crippen LogP contribution in [-0.2, 0) is 19.1 Å². The van der Waals surface area contributed by atoms with E-state index in [9.17, 15) is 19.5 Å². The van der Waals surface area contributed by atoms with E-state index in [0.717, 1.165) is 5.56 Å². The van der Waals surface area contributed by atoms with Gasteiger partial charge in [-0.3, -0.25) is 9.59 Å². The molecule has 0 bridgehead atoms. The number of hydrogen-bond acceptors (Lipinski definition) is 5. The second-order valence-electron chi connectivity index (χ2n) is 5.82. The number of aryl methyl sites for hydroxylation is 1. The molecule has 25 heavy (non-hydrogen) atoms. The Morgan fingerprint density at radius 1 is 1.20 bits per heavy atom.